The van der Waals surface area contributed by atoms with Gasteiger partial charge in [-0.3, -0.25) is 0 Å². The second-order valence-electron chi connectivity index (χ2n) is 5.82. The van der Waals surface area contributed by atoms with Crippen molar-refractivity contribution in [3.63, 3.8) is 0 Å². The Kier molecular flexibility index (Phi) is 3.56. The molecule has 1 heterocycles. The molecule has 0 saturated heterocycles. The third kappa shape index (κ3) is 2.71. The maximum atomic E-state index is 13.2. The van der Waals surface area contributed by atoms with Crippen LogP contribution in [0.2, 0.25) is 0 Å². The Bertz CT molecular complexity index is 634. The van der Waals surface area contributed by atoms with Gasteiger partial charge in [-0.15, -0.1) is 0 Å². The Labute approximate surface area is 122 Å². The molecule has 0 atom stereocenters. The maximum Gasteiger partial charge on any atom is 0.417 e. The summed E-state index contributed by atoms with van der Waals surface area (Å²) >= 11 is 0. The molecule has 1 nitrogen and oxygen atoms in total. The molecule has 1 aromatic carbocycles. The van der Waals surface area contributed by atoms with E-state index in [9.17, 15) is 13.2 Å². The van der Waals surface area contributed by atoms with Gasteiger partial charge in [0.15, 0.2) is 0 Å². The van der Waals surface area contributed by atoms with Gasteiger partial charge >= 0.3 is 6.18 Å². The minimum Gasteiger partial charge on any atom is -0.356 e. The molecule has 0 spiro atoms. The molecule has 21 heavy (non-hydrogen) atoms. The fraction of sp³-hybridized carbons (Fsp3) is 0.412. The van der Waals surface area contributed by atoms with Crippen molar-refractivity contribution in [1.29, 1.82) is 0 Å². The largest absolute Gasteiger partial charge is 0.417 e. The van der Waals surface area contributed by atoms with Crippen molar-refractivity contribution in [2.45, 2.75) is 37.8 Å². The summed E-state index contributed by atoms with van der Waals surface area (Å²) in [7, 11) is 1.87. The van der Waals surface area contributed by atoms with Crippen LogP contribution in [0.3, 0.4) is 0 Å². The fourth-order valence-electron chi connectivity index (χ4n) is 3.36. The van der Waals surface area contributed by atoms with Gasteiger partial charge in [-0.2, -0.15) is 13.2 Å². The number of rotatable bonds is 2. The van der Waals surface area contributed by atoms with Crippen LogP contribution in [-0.4, -0.2) is 4.57 Å². The summed E-state index contributed by atoms with van der Waals surface area (Å²) in [6.45, 7) is 0. The second-order valence-corrected chi connectivity index (χ2v) is 5.82. The van der Waals surface area contributed by atoms with Crippen LogP contribution in [0, 0.1) is 0 Å². The third-order valence-electron chi connectivity index (χ3n) is 4.30. The average molecular weight is 293 g/mol. The van der Waals surface area contributed by atoms with Gasteiger partial charge in [0.2, 0.25) is 0 Å². The van der Waals surface area contributed by atoms with E-state index < -0.39 is 11.7 Å². The normalized spacial score (nSPS) is 16.6. The number of benzene rings is 1. The average Bonchev–Trinajstić information content (AvgIpc) is 3.06. The lowest BCUT2D eigenvalue weighted by atomic mass is 9.91. The van der Waals surface area contributed by atoms with Gasteiger partial charge in [0.25, 0.3) is 0 Å². The Hall–Kier alpha value is -1.71. The highest BCUT2D eigenvalue weighted by molar-refractivity contribution is 5.71. The molecule has 0 radical (unpaired) electrons. The number of aromatic nitrogens is 1. The molecule has 4 heteroatoms. The molecule has 2 aromatic rings. The van der Waals surface area contributed by atoms with Gasteiger partial charge in [-0.05, 0) is 36.0 Å². The van der Waals surface area contributed by atoms with Crippen molar-refractivity contribution < 1.29 is 13.2 Å². The molecule has 1 aliphatic rings. The topological polar surface area (TPSA) is 4.93 Å². The second kappa shape index (κ2) is 5.24. The van der Waals surface area contributed by atoms with Crippen LogP contribution in [0.4, 0.5) is 13.2 Å². The first-order chi connectivity index (χ1) is 9.97. The van der Waals surface area contributed by atoms with E-state index >= 15 is 0 Å². The molecular weight excluding hydrogens is 275 g/mol. The van der Waals surface area contributed by atoms with Crippen LogP contribution in [0.1, 0.15) is 42.7 Å². The van der Waals surface area contributed by atoms with Crippen LogP contribution in [-0.2, 0) is 13.2 Å². The van der Waals surface area contributed by atoms with E-state index in [1.807, 2.05) is 24.0 Å². The van der Waals surface area contributed by atoms with Gasteiger partial charge in [0.1, 0.15) is 0 Å². The van der Waals surface area contributed by atoms with E-state index in [-0.39, 0.29) is 0 Å². The van der Waals surface area contributed by atoms with Crippen molar-refractivity contribution in [3.05, 3.63) is 47.8 Å². The summed E-state index contributed by atoms with van der Waals surface area (Å²) in [5, 5.41) is 0. The van der Waals surface area contributed by atoms with Crippen molar-refractivity contribution in [2.24, 2.45) is 7.05 Å². The van der Waals surface area contributed by atoms with Crippen molar-refractivity contribution in [3.8, 4) is 11.1 Å². The van der Waals surface area contributed by atoms with Crippen LogP contribution in [0.15, 0.2) is 36.7 Å². The van der Waals surface area contributed by atoms with E-state index in [4.69, 9.17) is 0 Å². The van der Waals surface area contributed by atoms with Crippen LogP contribution in [0.25, 0.3) is 11.1 Å². The number of aryl methyl sites for hydroxylation is 1. The van der Waals surface area contributed by atoms with Gasteiger partial charge in [-0.25, -0.2) is 0 Å². The van der Waals surface area contributed by atoms with E-state index in [1.165, 1.54) is 25.0 Å². The molecule has 0 unspecified atom stereocenters. The number of alkyl halides is 3. The first kappa shape index (κ1) is 14.2. The lowest BCUT2D eigenvalue weighted by molar-refractivity contribution is -0.137. The predicted octanol–water partition coefficient (Wildman–Crippen LogP) is 5.37. The molecule has 1 fully saturated rings. The van der Waals surface area contributed by atoms with Gasteiger partial charge in [0.05, 0.1) is 5.56 Å². The summed E-state index contributed by atoms with van der Waals surface area (Å²) in [6.07, 6.45) is 3.96. The molecule has 112 valence electrons. The van der Waals surface area contributed by atoms with E-state index in [0.717, 1.165) is 24.0 Å². The number of hydrogen-bond acceptors (Lipinski definition) is 0. The Morgan fingerprint density at radius 3 is 2.33 bits per heavy atom. The first-order valence-corrected chi connectivity index (χ1v) is 7.29. The highest BCUT2D eigenvalue weighted by atomic mass is 19.4. The summed E-state index contributed by atoms with van der Waals surface area (Å²) in [5.41, 5.74) is 1.55. The molecule has 0 N–H and O–H groups in total. The van der Waals surface area contributed by atoms with E-state index in [2.05, 4.69) is 0 Å². The van der Waals surface area contributed by atoms with Gasteiger partial charge in [0, 0.05) is 25.0 Å². The molecule has 0 aliphatic heterocycles. The quantitative estimate of drug-likeness (QED) is 0.701. The number of nitrogens with zero attached hydrogens (tertiary/aromatic N) is 1. The highest BCUT2D eigenvalue weighted by Gasteiger charge is 2.34. The Morgan fingerprint density at radius 1 is 1.00 bits per heavy atom. The minimum atomic E-state index is -4.32. The summed E-state index contributed by atoms with van der Waals surface area (Å²) in [6, 6.07) is 5.87. The Morgan fingerprint density at radius 2 is 1.67 bits per heavy atom. The fourth-order valence-corrected chi connectivity index (χ4v) is 3.36. The SMILES string of the molecule is Cn1cc(-c2ccccc2C(F)(F)F)c(C2CCCC2)c1. The van der Waals surface area contributed by atoms with E-state index in [1.54, 1.807) is 12.1 Å². The van der Waals surface area contributed by atoms with E-state index in [0.29, 0.717) is 11.5 Å². The lowest BCUT2D eigenvalue weighted by Crippen LogP contribution is -2.07. The smallest absolute Gasteiger partial charge is 0.356 e. The standard InChI is InChI=1S/C17H18F3N/c1-21-10-14(12-6-2-3-7-12)15(11-21)13-8-4-5-9-16(13)17(18,19)20/h4-5,8-12H,2-3,6-7H2,1H3. The highest BCUT2D eigenvalue weighted by Crippen LogP contribution is 2.43. The third-order valence-corrected chi connectivity index (χ3v) is 4.30. The van der Waals surface area contributed by atoms with Crippen LogP contribution < -0.4 is 0 Å². The zero-order chi connectivity index (χ0) is 15.0. The minimum absolute atomic E-state index is 0.299. The van der Waals surface area contributed by atoms with Crippen molar-refractivity contribution in [2.75, 3.05) is 0 Å². The van der Waals surface area contributed by atoms with Crippen molar-refractivity contribution >= 4 is 0 Å². The molecule has 3 rings (SSSR count). The lowest BCUT2D eigenvalue weighted by Gasteiger charge is -2.15. The molecule has 1 aromatic heterocycles. The summed E-state index contributed by atoms with van der Waals surface area (Å²) in [5.74, 6) is 0.391. The summed E-state index contributed by atoms with van der Waals surface area (Å²) < 4.78 is 41.6. The van der Waals surface area contributed by atoms with Gasteiger partial charge in [-0.1, -0.05) is 31.0 Å². The van der Waals surface area contributed by atoms with Gasteiger partial charge < -0.3 is 4.57 Å². The maximum absolute atomic E-state index is 13.2. The number of halogens is 3. The number of hydrogen-bond donors (Lipinski definition) is 0. The molecule has 0 bridgehead atoms. The molecule has 0 amide bonds. The zero-order valence-corrected chi connectivity index (χ0v) is 12.0. The summed E-state index contributed by atoms with van der Waals surface area (Å²) in [4.78, 5) is 0. The first-order valence-electron chi connectivity index (χ1n) is 7.29. The predicted molar refractivity (Wildman–Crippen MR) is 77.1 cm³/mol. The van der Waals surface area contributed by atoms with Crippen LogP contribution in [0.5, 0.6) is 0 Å². The van der Waals surface area contributed by atoms with Crippen molar-refractivity contribution in [1.82, 2.24) is 4.57 Å². The molecular formula is C17H18F3N. The Balaban J connectivity index is 2.13. The molecule has 1 saturated carbocycles. The van der Waals surface area contributed by atoms with Crippen LogP contribution >= 0.6 is 0 Å². The monoisotopic (exact) mass is 293 g/mol. The zero-order valence-electron chi connectivity index (χ0n) is 12.0. The molecule has 1 aliphatic carbocycles.